The van der Waals surface area contributed by atoms with Crippen LogP contribution >= 0.6 is 0 Å². The van der Waals surface area contributed by atoms with E-state index in [1.165, 1.54) is 32.1 Å². The zero-order chi connectivity index (χ0) is 11.6. The van der Waals surface area contributed by atoms with E-state index in [2.05, 4.69) is 24.1 Å². The van der Waals surface area contributed by atoms with Crippen LogP contribution in [0.25, 0.3) is 0 Å². The third-order valence-corrected chi connectivity index (χ3v) is 3.82. The molecule has 0 unspecified atom stereocenters. The Hall–Kier alpha value is -1.30. The van der Waals surface area contributed by atoms with Crippen LogP contribution in [-0.4, -0.2) is 24.3 Å². The molecule has 2 aliphatic rings. The molecule has 0 bridgehead atoms. The van der Waals surface area contributed by atoms with Gasteiger partial charge in [-0.2, -0.15) is 5.26 Å². The molecular weight excluding hydrogens is 198 g/mol. The van der Waals surface area contributed by atoms with Gasteiger partial charge in [-0.05, 0) is 18.9 Å². The second-order valence-electron chi connectivity index (χ2n) is 5.14. The normalized spacial score (nSPS) is 24.4. The van der Waals surface area contributed by atoms with Crippen molar-refractivity contribution < 1.29 is 0 Å². The van der Waals surface area contributed by atoms with Crippen LogP contribution in [0, 0.1) is 16.7 Å². The molecule has 1 aliphatic heterocycles. The molecule has 0 saturated heterocycles. The van der Waals surface area contributed by atoms with Crippen molar-refractivity contribution in [3.8, 4) is 6.07 Å². The lowest BCUT2D eigenvalue weighted by Gasteiger charge is -2.36. The molecule has 3 heteroatoms. The minimum Gasteiger partial charge on any atom is -0.347 e. The van der Waals surface area contributed by atoms with Crippen molar-refractivity contribution in [2.45, 2.75) is 39.0 Å². The van der Waals surface area contributed by atoms with E-state index >= 15 is 0 Å². The van der Waals surface area contributed by atoms with Crippen molar-refractivity contribution >= 4 is 5.84 Å². The molecule has 1 fully saturated rings. The lowest BCUT2D eigenvalue weighted by atomic mass is 9.73. The van der Waals surface area contributed by atoms with Gasteiger partial charge in [0.15, 0.2) is 0 Å². The zero-order valence-corrected chi connectivity index (χ0v) is 10.2. The number of aliphatic imine (C=N–C) groups is 1. The fraction of sp³-hybridized carbons (Fsp3) is 0.692. The molecular formula is C13H19N3. The van der Waals surface area contributed by atoms with Gasteiger partial charge in [-0.3, -0.25) is 0 Å². The molecule has 1 aliphatic carbocycles. The van der Waals surface area contributed by atoms with Crippen molar-refractivity contribution in [2.75, 3.05) is 13.6 Å². The third-order valence-electron chi connectivity index (χ3n) is 3.82. The molecule has 0 aromatic carbocycles. The molecule has 16 heavy (non-hydrogen) atoms. The fourth-order valence-electron chi connectivity index (χ4n) is 2.63. The standard InChI is InChI=1S/C13H19N3/c1-13(7-4-3-5-8-13)11-6-9-16(2)12(10-14)15-11/h6H,3-5,7-9H2,1-2H3. The van der Waals surface area contributed by atoms with Crippen LogP contribution < -0.4 is 0 Å². The summed E-state index contributed by atoms with van der Waals surface area (Å²) >= 11 is 0. The average molecular weight is 217 g/mol. The van der Waals surface area contributed by atoms with Gasteiger partial charge in [-0.25, -0.2) is 4.99 Å². The smallest absolute Gasteiger partial charge is 0.208 e. The lowest BCUT2D eigenvalue weighted by molar-refractivity contribution is 0.262. The van der Waals surface area contributed by atoms with E-state index in [4.69, 9.17) is 5.26 Å². The monoisotopic (exact) mass is 217 g/mol. The first-order chi connectivity index (χ1) is 7.65. The summed E-state index contributed by atoms with van der Waals surface area (Å²) in [7, 11) is 1.92. The largest absolute Gasteiger partial charge is 0.347 e. The Morgan fingerprint density at radius 1 is 1.38 bits per heavy atom. The van der Waals surface area contributed by atoms with E-state index in [1.54, 1.807) is 0 Å². The number of allylic oxidation sites excluding steroid dienone is 1. The highest BCUT2D eigenvalue weighted by Crippen LogP contribution is 2.43. The summed E-state index contributed by atoms with van der Waals surface area (Å²) in [6.07, 6.45) is 8.54. The van der Waals surface area contributed by atoms with Gasteiger partial charge in [-0.15, -0.1) is 0 Å². The predicted octanol–water partition coefficient (Wildman–Crippen LogP) is 2.71. The number of likely N-dealkylation sites (N-methyl/N-ethyl adjacent to an activating group) is 1. The summed E-state index contributed by atoms with van der Waals surface area (Å²) in [5.41, 5.74) is 1.35. The van der Waals surface area contributed by atoms with Gasteiger partial charge in [0.05, 0.1) is 0 Å². The topological polar surface area (TPSA) is 39.4 Å². The number of hydrogen-bond donors (Lipinski definition) is 0. The molecule has 0 aromatic heterocycles. The number of nitrogens with zero attached hydrogens (tertiary/aromatic N) is 3. The molecule has 1 saturated carbocycles. The molecule has 2 rings (SSSR count). The van der Waals surface area contributed by atoms with Gasteiger partial charge in [-0.1, -0.05) is 26.2 Å². The number of rotatable bonds is 1. The highest BCUT2D eigenvalue weighted by Gasteiger charge is 2.32. The first kappa shape index (κ1) is 11.2. The molecule has 0 spiro atoms. The second kappa shape index (κ2) is 4.29. The van der Waals surface area contributed by atoms with Crippen molar-refractivity contribution in [1.29, 1.82) is 5.26 Å². The maximum atomic E-state index is 9.01. The molecule has 0 amide bonds. The van der Waals surface area contributed by atoms with Crippen molar-refractivity contribution in [1.82, 2.24) is 4.90 Å². The number of nitriles is 1. The van der Waals surface area contributed by atoms with Gasteiger partial charge < -0.3 is 4.90 Å². The summed E-state index contributed by atoms with van der Waals surface area (Å²) < 4.78 is 0. The predicted molar refractivity (Wildman–Crippen MR) is 65.0 cm³/mol. The average Bonchev–Trinajstić information content (AvgIpc) is 2.30. The molecule has 3 nitrogen and oxygen atoms in total. The maximum absolute atomic E-state index is 9.01. The van der Waals surface area contributed by atoms with Crippen molar-refractivity contribution in [3.05, 3.63) is 11.8 Å². The zero-order valence-electron chi connectivity index (χ0n) is 10.2. The highest BCUT2D eigenvalue weighted by atomic mass is 15.2. The van der Waals surface area contributed by atoms with Crippen LogP contribution in [0.4, 0.5) is 0 Å². The van der Waals surface area contributed by atoms with Gasteiger partial charge in [0.2, 0.25) is 5.84 Å². The van der Waals surface area contributed by atoms with E-state index in [1.807, 2.05) is 11.9 Å². The Labute approximate surface area is 97.5 Å². The quantitative estimate of drug-likeness (QED) is 0.677. The van der Waals surface area contributed by atoms with Crippen LogP contribution in [0.1, 0.15) is 39.0 Å². The van der Waals surface area contributed by atoms with Crippen molar-refractivity contribution in [3.63, 3.8) is 0 Å². The van der Waals surface area contributed by atoms with Crippen molar-refractivity contribution in [2.24, 2.45) is 10.4 Å². The summed E-state index contributed by atoms with van der Waals surface area (Å²) in [5.74, 6) is 0.560. The molecule has 0 atom stereocenters. The molecule has 0 aromatic rings. The Morgan fingerprint density at radius 3 is 2.69 bits per heavy atom. The highest BCUT2D eigenvalue weighted by molar-refractivity contribution is 5.97. The van der Waals surface area contributed by atoms with Crippen LogP contribution in [-0.2, 0) is 0 Å². The first-order valence-corrected chi connectivity index (χ1v) is 6.06. The number of hydrogen-bond acceptors (Lipinski definition) is 3. The molecule has 0 radical (unpaired) electrons. The molecule has 0 N–H and O–H groups in total. The summed E-state index contributed by atoms with van der Waals surface area (Å²) in [4.78, 5) is 6.42. The van der Waals surface area contributed by atoms with Crippen LogP contribution in [0.2, 0.25) is 0 Å². The van der Waals surface area contributed by atoms with E-state index in [-0.39, 0.29) is 5.41 Å². The SMILES string of the molecule is CN1CC=C(C2(C)CCCCC2)N=C1C#N. The van der Waals surface area contributed by atoms with Gasteiger partial charge in [0.1, 0.15) is 6.07 Å². The maximum Gasteiger partial charge on any atom is 0.208 e. The Balaban J connectivity index is 2.22. The van der Waals surface area contributed by atoms with E-state index < -0.39 is 0 Å². The summed E-state index contributed by atoms with van der Waals surface area (Å²) in [5, 5.41) is 9.01. The van der Waals surface area contributed by atoms with Crippen LogP contribution in [0.15, 0.2) is 16.8 Å². The van der Waals surface area contributed by atoms with Gasteiger partial charge in [0.25, 0.3) is 0 Å². The van der Waals surface area contributed by atoms with E-state index in [9.17, 15) is 0 Å². The minimum atomic E-state index is 0.210. The minimum absolute atomic E-state index is 0.210. The van der Waals surface area contributed by atoms with Gasteiger partial charge >= 0.3 is 0 Å². The first-order valence-electron chi connectivity index (χ1n) is 6.06. The van der Waals surface area contributed by atoms with E-state index in [0.717, 1.165) is 12.2 Å². The number of amidine groups is 1. The summed E-state index contributed by atoms with van der Waals surface area (Å²) in [6.45, 7) is 3.11. The van der Waals surface area contributed by atoms with E-state index in [0.29, 0.717) is 5.84 Å². The molecule has 86 valence electrons. The second-order valence-corrected chi connectivity index (χ2v) is 5.14. The van der Waals surface area contributed by atoms with Crippen LogP contribution in [0.5, 0.6) is 0 Å². The molecule has 1 heterocycles. The Morgan fingerprint density at radius 2 is 2.06 bits per heavy atom. The van der Waals surface area contributed by atoms with Crippen LogP contribution in [0.3, 0.4) is 0 Å². The van der Waals surface area contributed by atoms with Gasteiger partial charge in [0, 0.05) is 24.7 Å². The summed E-state index contributed by atoms with van der Waals surface area (Å²) in [6, 6.07) is 2.18. The fourth-order valence-corrected chi connectivity index (χ4v) is 2.63. The third kappa shape index (κ3) is 1.97. The Kier molecular flexibility index (Phi) is 3.00. The Bertz CT molecular complexity index is 367. The lowest BCUT2D eigenvalue weighted by Crippen LogP contribution is -2.32.